The fourth-order valence-corrected chi connectivity index (χ4v) is 1.75. The summed E-state index contributed by atoms with van der Waals surface area (Å²) in [4.78, 5) is 19.1. The Morgan fingerprint density at radius 1 is 1.50 bits per heavy atom. The Bertz CT molecular complexity index is 677. The maximum atomic E-state index is 12.7. The molecule has 1 aromatic heterocycles. The summed E-state index contributed by atoms with van der Waals surface area (Å²) in [5, 5.41) is 2.10. The molecule has 0 aliphatic heterocycles. The molecule has 8 heteroatoms. The summed E-state index contributed by atoms with van der Waals surface area (Å²) in [7, 11) is 0. The lowest BCUT2D eigenvalue weighted by molar-refractivity contribution is -0.122. The number of oxazole rings is 1. The number of fused-ring (bicyclic) bond motifs is 1. The average molecular weight is 280 g/mol. The number of para-hydroxylation sites is 2. The highest BCUT2D eigenvalue weighted by Crippen LogP contribution is 2.48. The first kappa shape index (κ1) is 12.5. The first-order chi connectivity index (χ1) is 9.45. The molecule has 1 aliphatic carbocycles. The number of halogens is 2. The van der Waals surface area contributed by atoms with Crippen molar-refractivity contribution in [2.45, 2.75) is 12.3 Å². The van der Waals surface area contributed by atoms with Crippen LogP contribution in [0.2, 0.25) is 0 Å². The van der Waals surface area contributed by atoms with Crippen LogP contribution in [-0.4, -0.2) is 22.8 Å². The Labute approximate surface area is 111 Å². The van der Waals surface area contributed by atoms with Crippen LogP contribution in [0.1, 0.15) is 6.42 Å². The van der Waals surface area contributed by atoms with E-state index in [1.54, 1.807) is 24.3 Å². The zero-order valence-corrected chi connectivity index (χ0v) is 10.1. The number of hydrogen-bond acceptors (Lipinski definition) is 4. The van der Waals surface area contributed by atoms with Gasteiger partial charge in [0.1, 0.15) is 11.4 Å². The molecule has 1 saturated carbocycles. The minimum atomic E-state index is -2.94. The summed E-state index contributed by atoms with van der Waals surface area (Å²) in [6.07, 6.45) is -0.463. The Balaban J connectivity index is 1.73. The highest BCUT2D eigenvalue weighted by atomic mass is 19.3. The van der Waals surface area contributed by atoms with Crippen molar-refractivity contribution in [3.8, 4) is 0 Å². The molecule has 104 valence electrons. The SMILES string of the molecule is NC(=Nc1nc2ccccc2o1)NC(=O)C1CC1(F)F. The predicted molar refractivity (Wildman–Crippen MR) is 66.5 cm³/mol. The summed E-state index contributed by atoms with van der Waals surface area (Å²) in [6, 6.07) is 6.91. The molecule has 20 heavy (non-hydrogen) atoms. The third-order valence-corrected chi connectivity index (χ3v) is 2.89. The molecule has 1 amide bonds. The van der Waals surface area contributed by atoms with Gasteiger partial charge in [-0.25, -0.2) is 8.78 Å². The van der Waals surface area contributed by atoms with Crippen molar-refractivity contribution in [3.05, 3.63) is 24.3 Å². The van der Waals surface area contributed by atoms with E-state index in [1.807, 2.05) is 0 Å². The van der Waals surface area contributed by atoms with E-state index in [-0.39, 0.29) is 12.0 Å². The van der Waals surface area contributed by atoms with Crippen molar-refractivity contribution in [2.24, 2.45) is 16.6 Å². The lowest BCUT2D eigenvalue weighted by Crippen LogP contribution is -2.38. The number of carbonyl (C=O) groups excluding carboxylic acids is 1. The molecule has 6 nitrogen and oxygen atoms in total. The van der Waals surface area contributed by atoms with E-state index in [9.17, 15) is 13.6 Å². The first-order valence-corrected chi connectivity index (χ1v) is 5.84. The Kier molecular flexibility index (Phi) is 2.66. The smallest absolute Gasteiger partial charge is 0.325 e. The molecule has 0 spiro atoms. The second-order valence-corrected chi connectivity index (χ2v) is 4.47. The minimum absolute atomic E-state index is 0.0495. The molecule has 1 atom stereocenters. The third-order valence-electron chi connectivity index (χ3n) is 2.89. The molecule has 1 aromatic carbocycles. The van der Waals surface area contributed by atoms with Gasteiger partial charge in [-0.15, -0.1) is 0 Å². The standard InChI is InChI=1S/C12H10F2N4O2/c13-12(14)5-6(12)9(19)17-10(15)18-11-16-7-3-1-2-4-8(7)20-11/h1-4,6H,5H2,(H3,15,16,17,18,19). The molecule has 2 aromatic rings. The molecule has 3 N–H and O–H groups in total. The van der Waals surface area contributed by atoms with Crippen molar-refractivity contribution in [2.75, 3.05) is 0 Å². The van der Waals surface area contributed by atoms with Gasteiger partial charge in [-0.2, -0.15) is 9.98 Å². The largest absolute Gasteiger partial charge is 0.422 e. The molecule has 1 aliphatic rings. The highest BCUT2D eigenvalue weighted by Gasteiger charge is 2.61. The van der Waals surface area contributed by atoms with E-state index < -0.39 is 24.2 Å². The van der Waals surface area contributed by atoms with E-state index in [1.165, 1.54) is 0 Å². The van der Waals surface area contributed by atoms with E-state index in [4.69, 9.17) is 10.2 Å². The zero-order valence-electron chi connectivity index (χ0n) is 10.1. The normalized spacial score (nSPS) is 20.9. The first-order valence-electron chi connectivity index (χ1n) is 5.84. The topological polar surface area (TPSA) is 93.5 Å². The summed E-state index contributed by atoms with van der Waals surface area (Å²) in [6.45, 7) is 0. The second-order valence-electron chi connectivity index (χ2n) is 4.47. The van der Waals surface area contributed by atoms with Crippen molar-refractivity contribution < 1.29 is 18.0 Å². The van der Waals surface area contributed by atoms with Crippen LogP contribution in [0.3, 0.4) is 0 Å². The average Bonchev–Trinajstić information content (AvgIpc) is 2.82. The fourth-order valence-electron chi connectivity index (χ4n) is 1.75. The fraction of sp³-hybridized carbons (Fsp3) is 0.250. The highest BCUT2D eigenvalue weighted by molar-refractivity contribution is 5.99. The summed E-state index contributed by atoms with van der Waals surface area (Å²) < 4.78 is 30.6. The predicted octanol–water partition coefficient (Wildman–Crippen LogP) is 1.55. The number of benzene rings is 1. The molecular formula is C12H10F2N4O2. The number of aromatic nitrogens is 1. The van der Waals surface area contributed by atoms with Crippen LogP contribution in [0.4, 0.5) is 14.8 Å². The maximum Gasteiger partial charge on any atom is 0.325 e. The van der Waals surface area contributed by atoms with Crippen LogP contribution >= 0.6 is 0 Å². The Hall–Kier alpha value is -2.51. The molecule has 3 rings (SSSR count). The molecule has 0 radical (unpaired) electrons. The summed E-state index contributed by atoms with van der Waals surface area (Å²) in [5.41, 5.74) is 6.55. The molecule has 1 unspecified atom stereocenters. The number of aliphatic imine (C=N–C) groups is 1. The van der Waals surface area contributed by atoms with Gasteiger partial charge in [-0.3, -0.25) is 10.1 Å². The third kappa shape index (κ3) is 2.31. The van der Waals surface area contributed by atoms with Crippen LogP contribution in [0.25, 0.3) is 11.1 Å². The number of carbonyl (C=O) groups is 1. The zero-order chi connectivity index (χ0) is 14.3. The second kappa shape index (κ2) is 4.26. The molecule has 1 fully saturated rings. The number of nitrogens with two attached hydrogens (primary N) is 1. The van der Waals surface area contributed by atoms with Gasteiger partial charge in [0.25, 0.3) is 5.92 Å². The van der Waals surface area contributed by atoms with Crippen LogP contribution in [0.5, 0.6) is 0 Å². The van der Waals surface area contributed by atoms with Crippen molar-refractivity contribution in [1.29, 1.82) is 0 Å². The number of nitrogens with one attached hydrogen (secondary N) is 1. The van der Waals surface area contributed by atoms with E-state index in [0.29, 0.717) is 11.1 Å². The van der Waals surface area contributed by atoms with Gasteiger partial charge < -0.3 is 10.2 Å². The molecule has 1 heterocycles. The quantitative estimate of drug-likeness (QED) is 0.644. The lowest BCUT2D eigenvalue weighted by Gasteiger charge is -2.01. The van der Waals surface area contributed by atoms with Gasteiger partial charge >= 0.3 is 6.01 Å². The van der Waals surface area contributed by atoms with Gasteiger partial charge in [-0.1, -0.05) is 12.1 Å². The van der Waals surface area contributed by atoms with E-state index in [2.05, 4.69) is 15.3 Å². The number of amides is 1. The number of guanidine groups is 1. The van der Waals surface area contributed by atoms with Crippen molar-refractivity contribution in [3.63, 3.8) is 0 Å². The van der Waals surface area contributed by atoms with Crippen LogP contribution in [0, 0.1) is 5.92 Å². The van der Waals surface area contributed by atoms with Crippen LogP contribution in [0.15, 0.2) is 33.7 Å². The van der Waals surface area contributed by atoms with Gasteiger partial charge in [-0.05, 0) is 12.1 Å². The van der Waals surface area contributed by atoms with Crippen LogP contribution < -0.4 is 11.1 Å². The van der Waals surface area contributed by atoms with Gasteiger partial charge in [0.05, 0.1) is 0 Å². The Morgan fingerprint density at radius 3 is 2.85 bits per heavy atom. The maximum absolute atomic E-state index is 12.7. The number of nitrogens with zero attached hydrogens (tertiary/aromatic N) is 2. The lowest BCUT2D eigenvalue weighted by atomic mass is 10.3. The number of hydrogen-bond donors (Lipinski definition) is 2. The summed E-state index contributed by atoms with van der Waals surface area (Å²) in [5.74, 6) is -5.46. The van der Waals surface area contributed by atoms with Gasteiger partial charge in [0, 0.05) is 6.42 Å². The monoisotopic (exact) mass is 280 g/mol. The van der Waals surface area contributed by atoms with Crippen molar-refractivity contribution in [1.82, 2.24) is 10.3 Å². The Morgan fingerprint density at radius 2 is 2.20 bits per heavy atom. The molecule has 0 bridgehead atoms. The van der Waals surface area contributed by atoms with E-state index in [0.717, 1.165) is 0 Å². The number of alkyl halides is 2. The van der Waals surface area contributed by atoms with Crippen LogP contribution in [-0.2, 0) is 4.79 Å². The van der Waals surface area contributed by atoms with Gasteiger partial charge in [0.2, 0.25) is 11.9 Å². The van der Waals surface area contributed by atoms with Gasteiger partial charge in [0.15, 0.2) is 5.58 Å². The minimum Gasteiger partial charge on any atom is -0.422 e. The molecular weight excluding hydrogens is 270 g/mol. The van der Waals surface area contributed by atoms with E-state index >= 15 is 0 Å². The van der Waals surface area contributed by atoms with Crippen molar-refractivity contribution >= 4 is 29.0 Å². The molecule has 0 saturated heterocycles. The number of rotatable bonds is 2. The summed E-state index contributed by atoms with van der Waals surface area (Å²) >= 11 is 0.